The summed E-state index contributed by atoms with van der Waals surface area (Å²) < 4.78 is 1.66. The summed E-state index contributed by atoms with van der Waals surface area (Å²) in [5.41, 5.74) is 4.62. The number of carboxylic acids is 1. The second kappa shape index (κ2) is 10.5. The third kappa shape index (κ3) is 5.05. The lowest BCUT2D eigenvalue weighted by Crippen LogP contribution is -2.48. The van der Waals surface area contributed by atoms with Crippen LogP contribution in [0.5, 0.6) is 0 Å². The third-order valence-corrected chi connectivity index (χ3v) is 7.80. The zero-order valence-corrected chi connectivity index (χ0v) is 22.3. The molecular formula is C30H30N6O4. The molecule has 1 fully saturated rings. The number of hydrogen-bond donors (Lipinski definition) is 2. The van der Waals surface area contributed by atoms with Crippen molar-refractivity contribution in [1.82, 2.24) is 24.3 Å². The van der Waals surface area contributed by atoms with E-state index >= 15 is 0 Å². The van der Waals surface area contributed by atoms with E-state index < -0.39 is 11.4 Å². The number of hydrogen-bond acceptors (Lipinski definition) is 7. The van der Waals surface area contributed by atoms with E-state index in [1.165, 1.54) is 23.5 Å². The fourth-order valence-corrected chi connectivity index (χ4v) is 5.40. The van der Waals surface area contributed by atoms with Crippen molar-refractivity contribution in [2.24, 2.45) is 0 Å². The Morgan fingerprint density at radius 2 is 1.85 bits per heavy atom. The maximum absolute atomic E-state index is 12.9. The van der Waals surface area contributed by atoms with Crippen molar-refractivity contribution in [2.45, 2.75) is 25.7 Å². The maximum atomic E-state index is 12.9. The molecule has 0 bridgehead atoms. The Kier molecular flexibility index (Phi) is 6.77. The van der Waals surface area contributed by atoms with Crippen molar-refractivity contribution < 1.29 is 14.7 Å². The molecule has 0 unspecified atom stereocenters. The number of benzene rings is 2. The summed E-state index contributed by atoms with van der Waals surface area (Å²) in [6.07, 6.45) is 6.67. The van der Waals surface area contributed by atoms with Gasteiger partial charge in [-0.2, -0.15) is 4.98 Å². The number of fused-ring (bicyclic) bond motifs is 2. The molecule has 3 heterocycles. The summed E-state index contributed by atoms with van der Waals surface area (Å²) in [7, 11) is 1.84. The Morgan fingerprint density at radius 3 is 2.62 bits per heavy atom. The minimum atomic E-state index is -1.29. The number of carbonyl (C=O) groups is 2. The highest BCUT2D eigenvalue weighted by Crippen LogP contribution is 2.26. The molecule has 6 rings (SSSR count). The number of nitrogens with one attached hydrogen (secondary N) is 1. The van der Waals surface area contributed by atoms with Crippen LogP contribution < -0.4 is 10.7 Å². The highest BCUT2D eigenvalue weighted by atomic mass is 16.4. The molecule has 1 amide bonds. The van der Waals surface area contributed by atoms with Crippen molar-refractivity contribution in [3.8, 4) is 5.69 Å². The molecule has 1 aliphatic heterocycles. The summed E-state index contributed by atoms with van der Waals surface area (Å²) in [6.45, 7) is 2.91. The van der Waals surface area contributed by atoms with Gasteiger partial charge in [-0.15, -0.1) is 0 Å². The number of anilines is 2. The minimum absolute atomic E-state index is 0.142. The van der Waals surface area contributed by atoms with Gasteiger partial charge in [-0.1, -0.05) is 18.2 Å². The quantitative estimate of drug-likeness (QED) is 0.369. The summed E-state index contributed by atoms with van der Waals surface area (Å²) in [4.78, 5) is 49.6. The first kappa shape index (κ1) is 25.7. The number of carbonyl (C=O) groups excluding carboxylic acids is 1. The highest BCUT2D eigenvalue weighted by Gasteiger charge is 2.21. The summed E-state index contributed by atoms with van der Waals surface area (Å²) >= 11 is 0. The van der Waals surface area contributed by atoms with E-state index in [4.69, 9.17) is 0 Å². The average Bonchev–Trinajstić information content (AvgIpc) is 3.43. The van der Waals surface area contributed by atoms with Crippen LogP contribution in [0.25, 0.3) is 16.7 Å². The van der Waals surface area contributed by atoms with E-state index in [0.717, 1.165) is 62.3 Å². The van der Waals surface area contributed by atoms with E-state index in [0.29, 0.717) is 18.1 Å². The van der Waals surface area contributed by atoms with Crippen LogP contribution in [0.3, 0.4) is 0 Å². The maximum Gasteiger partial charge on any atom is 0.341 e. The molecule has 2 aromatic carbocycles. The van der Waals surface area contributed by atoms with E-state index in [2.05, 4.69) is 26.3 Å². The SMILES string of the molecule is CN1CCN(CCc2ccc(Nc3ncc4c(=O)c(C(=O)O)cn(-c5ccc6c(c5)CCC6)c4n3)cc2)CC1=O. The molecule has 10 heteroatoms. The number of amides is 1. The molecule has 204 valence electrons. The first-order valence-electron chi connectivity index (χ1n) is 13.5. The number of aromatic carboxylic acids is 1. The van der Waals surface area contributed by atoms with Crippen LogP contribution in [0, 0.1) is 0 Å². The number of likely N-dealkylation sites (N-methyl/N-ethyl adjacent to an activating group) is 1. The zero-order chi connectivity index (χ0) is 27.8. The topological polar surface area (TPSA) is 121 Å². The van der Waals surface area contributed by atoms with Crippen LogP contribution >= 0.6 is 0 Å². The number of aromatic nitrogens is 3. The molecular weight excluding hydrogens is 508 g/mol. The van der Waals surface area contributed by atoms with Crippen LogP contribution in [-0.2, 0) is 24.1 Å². The lowest BCUT2D eigenvalue weighted by Gasteiger charge is -2.31. The van der Waals surface area contributed by atoms with Crippen molar-refractivity contribution in [3.05, 3.63) is 87.3 Å². The van der Waals surface area contributed by atoms with E-state index in [-0.39, 0.29) is 16.9 Å². The Balaban J connectivity index is 1.25. The van der Waals surface area contributed by atoms with Gasteiger partial charge in [0.25, 0.3) is 0 Å². The molecule has 2 aliphatic rings. The molecule has 4 aromatic rings. The first-order valence-corrected chi connectivity index (χ1v) is 13.5. The van der Waals surface area contributed by atoms with E-state index in [1.54, 1.807) is 9.47 Å². The molecule has 0 saturated carbocycles. The molecule has 40 heavy (non-hydrogen) atoms. The molecule has 1 aliphatic carbocycles. The number of pyridine rings is 1. The smallest absolute Gasteiger partial charge is 0.341 e. The predicted molar refractivity (Wildman–Crippen MR) is 152 cm³/mol. The zero-order valence-electron chi connectivity index (χ0n) is 22.3. The van der Waals surface area contributed by atoms with Crippen molar-refractivity contribution in [1.29, 1.82) is 0 Å². The van der Waals surface area contributed by atoms with Gasteiger partial charge in [0.05, 0.1) is 11.9 Å². The Labute approximate surface area is 230 Å². The standard InChI is InChI=1S/C30H30N6O4/c1-34-13-14-35(18-26(34)37)12-11-19-5-8-22(9-6-19)32-30-31-16-24-27(38)25(29(39)40)17-36(28(24)33-30)23-10-7-20-3-2-4-21(20)15-23/h5-10,15-17H,2-4,11-14,18H2,1H3,(H,39,40)(H,31,32,33). The fraction of sp³-hybridized carbons (Fsp3) is 0.300. The van der Waals surface area contributed by atoms with Crippen molar-refractivity contribution in [3.63, 3.8) is 0 Å². The van der Waals surface area contributed by atoms with Gasteiger partial charge in [0.15, 0.2) is 5.65 Å². The summed E-state index contributed by atoms with van der Waals surface area (Å²) in [6, 6.07) is 14.0. The van der Waals surface area contributed by atoms with Gasteiger partial charge >= 0.3 is 5.97 Å². The fourth-order valence-electron chi connectivity index (χ4n) is 5.40. The molecule has 0 spiro atoms. The van der Waals surface area contributed by atoms with Gasteiger partial charge in [-0.25, -0.2) is 9.78 Å². The third-order valence-electron chi connectivity index (χ3n) is 7.80. The second-order valence-corrected chi connectivity index (χ2v) is 10.4. The monoisotopic (exact) mass is 538 g/mol. The molecule has 0 atom stereocenters. The van der Waals surface area contributed by atoms with Crippen molar-refractivity contribution in [2.75, 3.05) is 38.5 Å². The van der Waals surface area contributed by atoms with Gasteiger partial charge in [0.1, 0.15) is 5.56 Å². The molecule has 10 nitrogen and oxygen atoms in total. The Hall–Kier alpha value is -4.57. The average molecular weight is 539 g/mol. The molecule has 1 saturated heterocycles. The Morgan fingerprint density at radius 1 is 1.05 bits per heavy atom. The minimum Gasteiger partial charge on any atom is -0.477 e. The summed E-state index contributed by atoms with van der Waals surface area (Å²) in [5.74, 6) is -0.834. The number of rotatable bonds is 7. The van der Waals surface area contributed by atoms with Crippen LogP contribution in [0.1, 0.15) is 33.5 Å². The van der Waals surface area contributed by atoms with Crippen LogP contribution in [0.15, 0.2) is 59.7 Å². The number of carboxylic acid groups (broad SMARTS) is 1. The van der Waals surface area contributed by atoms with Gasteiger partial charge in [0, 0.05) is 50.5 Å². The highest BCUT2D eigenvalue weighted by molar-refractivity contribution is 5.92. The molecule has 2 N–H and O–H groups in total. The summed E-state index contributed by atoms with van der Waals surface area (Å²) in [5, 5.41) is 13.0. The van der Waals surface area contributed by atoms with Crippen LogP contribution in [0.2, 0.25) is 0 Å². The van der Waals surface area contributed by atoms with Crippen LogP contribution in [-0.4, -0.2) is 74.5 Å². The lowest BCUT2D eigenvalue weighted by atomic mass is 10.1. The normalized spacial score (nSPS) is 15.4. The molecule has 2 aromatic heterocycles. The van der Waals surface area contributed by atoms with E-state index in [9.17, 15) is 19.5 Å². The van der Waals surface area contributed by atoms with Gasteiger partial charge in [-0.3, -0.25) is 14.5 Å². The van der Waals surface area contributed by atoms with Gasteiger partial charge in [-0.05, 0) is 66.6 Å². The predicted octanol–water partition coefficient (Wildman–Crippen LogP) is 3.03. The lowest BCUT2D eigenvalue weighted by molar-refractivity contribution is -0.134. The number of nitrogens with zero attached hydrogens (tertiary/aromatic N) is 5. The first-order chi connectivity index (χ1) is 19.4. The van der Waals surface area contributed by atoms with Gasteiger partial charge in [0.2, 0.25) is 17.3 Å². The van der Waals surface area contributed by atoms with E-state index in [1.807, 2.05) is 43.4 Å². The molecule has 0 radical (unpaired) electrons. The number of aryl methyl sites for hydroxylation is 2. The largest absolute Gasteiger partial charge is 0.477 e. The van der Waals surface area contributed by atoms with Crippen LogP contribution in [0.4, 0.5) is 11.6 Å². The second-order valence-electron chi connectivity index (χ2n) is 10.4. The Bertz CT molecular complexity index is 1680. The number of piperazine rings is 1. The van der Waals surface area contributed by atoms with Gasteiger partial charge < -0.3 is 19.9 Å². The van der Waals surface area contributed by atoms with Crippen molar-refractivity contribution >= 4 is 34.5 Å².